The van der Waals surface area contributed by atoms with Crippen molar-refractivity contribution in [2.75, 3.05) is 0 Å². The van der Waals surface area contributed by atoms with E-state index >= 15 is 0 Å². The van der Waals surface area contributed by atoms with E-state index in [1.807, 2.05) is 0 Å². The fourth-order valence-corrected chi connectivity index (χ4v) is 4.28. The van der Waals surface area contributed by atoms with Gasteiger partial charge in [-0.2, -0.15) is 0 Å². The van der Waals surface area contributed by atoms with Gasteiger partial charge in [-0.1, -0.05) is 28.1 Å². The highest BCUT2D eigenvalue weighted by atomic mass is 79.9. The average molecular weight is 532 g/mol. The molecule has 0 bridgehead atoms. The summed E-state index contributed by atoms with van der Waals surface area (Å²) in [6, 6.07) is 14.6. The first-order valence-electron chi connectivity index (χ1n) is 10.4. The van der Waals surface area contributed by atoms with E-state index in [9.17, 15) is 18.4 Å². The molecule has 1 aliphatic rings. The van der Waals surface area contributed by atoms with Gasteiger partial charge >= 0.3 is 12.1 Å². The summed E-state index contributed by atoms with van der Waals surface area (Å²) in [4.78, 5) is 25.1. The quantitative estimate of drug-likeness (QED) is 0.391. The van der Waals surface area contributed by atoms with Crippen molar-refractivity contribution in [3.8, 4) is 11.5 Å². The molecule has 0 saturated carbocycles. The van der Waals surface area contributed by atoms with Crippen LogP contribution < -0.4 is 4.74 Å². The Kier molecular flexibility index (Phi) is 6.83. The molecule has 3 aromatic rings. The number of carbonyl (C=O) groups excluding carboxylic acids is 1. The van der Waals surface area contributed by atoms with Gasteiger partial charge in [0, 0.05) is 21.7 Å². The molecule has 0 unspecified atom stereocenters. The van der Waals surface area contributed by atoms with Gasteiger partial charge in [-0.15, -0.1) is 0 Å². The predicted molar refractivity (Wildman–Crippen MR) is 123 cm³/mol. The maximum absolute atomic E-state index is 13.7. The molecule has 3 aromatic carbocycles. The molecule has 1 heterocycles. The maximum atomic E-state index is 13.7. The molecule has 176 valence electrons. The van der Waals surface area contributed by atoms with Crippen LogP contribution in [0.1, 0.15) is 29.7 Å². The van der Waals surface area contributed by atoms with Crippen molar-refractivity contribution in [1.29, 1.82) is 0 Å². The highest BCUT2D eigenvalue weighted by Gasteiger charge is 2.40. The van der Waals surface area contributed by atoms with E-state index in [1.54, 1.807) is 49.4 Å². The van der Waals surface area contributed by atoms with Crippen LogP contribution >= 0.6 is 15.9 Å². The summed E-state index contributed by atoms with van der Waals surface area (Å²) in [5, 5.41) is 9.03. The second kappa shape index (κ2) is 9.80. The van der Waals surface area contributed by atoms with Crippen LogP contribution in [0.4, 0.5) is 13.6 Å². The minimum absolute atomic E-state index is 0.123. The van der Waals surface area contributed by atoms with Crippen LogP contribution in [0.5, 0.6) is 11.5 Å². The normalized spacial score (nSPS) is 17.5. The SMILES string of the molecule is C[C@H]1[C@@H](c2cc(F)cc(F)c2)OC(=O)N1Cc1cc(Br)ccc1Oc1cccc(CC(=O)O)c1. The molecule has 1 N–H and O–H groups in total. The van der Waals surface area contributed by atoms with Crippen molar-refractivity contribution in [1.82, 2.24) is 4.90 Å². The van der Waals surface area contributed by atoms with Gasteiger partial charge < -0.3 is 14.6 Å². The fourth-order valence-electron chi connectivity index (χ4n) is 3.87. The van der Waals surface area contributed by atoms with E-state index in [2.05, 4.69) is 15.9 Å². The lowest BCUT2D eigenvalue weighted by Gasteiger charge is -2.22. The maximum Gasteiger partial charge on any atom is 0.411 e. The Bertz CT molecular complexity index is 1230. The van der Waals surface area contributed by atoms with E-state index in [0.29, 0.717) is 22.6 Å². The van der Waals surface area contributed by atoms with Crippen LogP contribution in [0.25, 0.3) is 0 Å². The number of halogens is 3. The first-order chi connectivity index (χ1) is 16.2. The number of rotatable bonds is 7. The van der Waals surface area contributed by atoms with Gasteiger partial charge in [0.15, 0.2) is 0 Å². The second-order valence-corrected chi connectivity index (χ2v) is 8.86. The highest BCUT2D eigenvalue weighted by Crippen LogP contribution is 2.36. The molecule has 1 fully saturated rings. The summed E-state index contributed by atoms with van der Waals surface area (Å²) in [6.07, 6.45) is -1.58. The number of carboxylic acid groups (broad SMARTS) is 1. The van der Waals surface area contributed by atoms with Gasteiger partial charge in [-0.25, -0.2) is 13.6 Å². The molecule has 2 atom stereocenters. The molecule has 6 nitrogen and oxygen atoms in total. The molecule has 34 heavy (non-hydrogen) atoms. The predicted octanol–water partition coefficient (Wildman–Crippen LogP) is 6.23. The number of aliphatic carboxylic acids is 1. The Morgan fingerprint density at radius 1 is 1.12 bits per heavy atom. The number of carboxylic acids is 1. The summed E-state index contributed by atoms with van der Waals surface area (Å²) in [5.41, 5.74) is 1.49. The van der Waals surface area contributed by atoms with Gasteiger partial charge in [0.2, 0.25) is 0 Å². The van der Waals surface area contributed by atoms with Crippen LogP contribution in [-0.4, -0.2) is 28.1 Å². The lowest BCUT2D eigenvalue weighted by Crippen LogP contribution is -2.31. The molecule has 1 amide bonds. The molecule has 1 saturated heterocycles. The topological polar surface area (TPSA) is 76.1 Å². The number of ether oxygens (including phenoxy) is 2. The zero-order valence-electron chi connectivity index (χ0n) is 18.0. The standard InChI is InChI=1S/C25H20BrF2NO5/c1-14-24(16-10-19(27)12-20(28)11-16)34-25(32)29(14)13-17-9-18(26)5-6-22(17)33-21-4-2-3-15(7-21)8-23(30)31/h2-7,9-12,14,24H,8,13H2,1H3,(H,30,31)/t14-,24-/m0/s1. The minimum atomic E-state index is -0.948. The smallest absolute Gasteiger partial charge is 0.411 e. The zero-order valence-corrected chi connectivity index (χ0v) is 19.6. The third-order valence-corrected chi connectivity index (χ3v) is 5.94. The second-order valence-electron chi connectivity index (χ2n) is 7.95. The molecular weight excluding hydrogens is 512 g/mol. The summed E-state index contributed by atoms with van der Waals surface area (Å²) < 4.78 is 39.6. The van der Waals surface area contributed by atoms with Crippen molar-refractivity contribution in [2.45, 2.75) is 32.0 Å². The average Bonchev–Trinajstić information content (AvgIpc) is 3.03. The van der Waals surface area contributed by atoms with E-state index < -0.39 is 35.8 Å². The van der Waals surface area contributed by atoms with E-state index in [0.717, 1.165) is 22.7 Å². The van der Waals surface area contributed by atoms with Gasteiger partial charge in [0.1, 0.15) is 29.2 Å². The third kappa shape index (κ3) is 5.36. The van der Waals surface area contributed by atoms with Crippen molar-refractivity contribution >= 4 is 28.0 Å². The van der Waals surface area contributed by atoms with Crippen LogP contribution in [0, 0.1) is 11.6 Å². The Balaban J connectivity index is 1.58. The number of cyclic esters (lactones) is 1. The van der Waals surface area contributed by atoms with Gasteiger partial charge in [0.25, 0.3) is 0 Å². The van der Waals surface area contributed by atoms with Crippen LogP contribution in [0.15, 0.2) is 65.1 Å². The van der Waals surface area contributed by atoms with Crippen LogP contribution in [-0.2, 0) is 22.5 Å². The summed E-state index contributed by atoms with van der Waals surface area (Å²) in [5.74, 6) is -1.52. The molecule has 0 aromatic heterocycles. The summed E-state index contributed by atoms with van der Waals surface area (Å²) in [7, 11) is 0. The van der Waals surface area contributed by atoms with Crippen LogP contribution in [0.2, 0.25) is 0 Å². The van der Waals surface area contributed by atoms with Crippen molar-refractivity contribution in [3.05, 3.63) is 93.5 Å². The Morgan fingerprint density at radius 2 is 1.85 bits per heavy atom. The van der Waals surface area contributed by atoms with Crippen LogP contribution in [0.3, 0.4) is 0 Å². The Hall–Kier alpha value is -3.46. The molecule has 9 heteroatoms. The van der Waals surface area contributed by atoms with Crippen molar-refractivity contribution < 1.29 is 33.0 Å². The van der Waals surface area contributed by atoms with E-state index in [1.165, 1.54) is 4.90 Å². The lowest BCUT2D eigenvalue weighted by atomic mass is 10.0. The highest BCUT2D eigenvalue weighted by molar-refractivity contribution is 9.10. The Labute approximate surface area is 202 Å². The number of hydrogen-bond acceptors (Lipinski definition) is 4. The number of benzene rings is 3. The minimum Gasteiger partial charge on any atom is -0.481 e. The zero-order chi connectivity index (χ0) is 24.4. The molecular formula is C25H20BrF2NO5. The van der Waals surface area contributed by atoms with Gasteiger partial charge in [-0.3, -0.25) is 9.69 Å². The van der Waals surface area contributed by atoms with E-state index in [4.69, 9.17) is 14.6 Å². The first kappa shape index (κ1) is 23.7. The Morgan fingerprint density at radius 3 is 2.56 bits per heavy atom. The number of nitrogens with zero attached hydrogens (tertiary/aromatic N) is 1. The monoisotopic (exact) mass is 531 g/mol. The van der Waals surface area contributed by atoms with Gasteiger partial charge in [0.05, 0.1) is 19.0 Å². The first-order valence-corrected chi connectivity index (χ1v) is 11.2. The summed E-state index contributed by atoms with van der Waals surface area (Å²) >= 11 is 3.43. The van der Waals surface area contributed by atoms with Gasteiger partial charge in [-0.05, 0) is 55.0 Å². The fraction of sp³-hybridized carbons (Fsp3) is 0.200. The number of hydrogen-bond donors (Lipinski definition) is 1. The largest absolute Gasteiger partial charge is 0.481 e. The number of amides is 1. The molecule has 0 radical (unpaired) electrons. The van der Waals surface area contributed by atoms with E-state index in [-0.39, 0.29) is 18.5 Å². The molecule has 0 spiro atoms. The third-order valence-electron chi connectivity index (χ3n) is 5.45. The molecule has 4 rings (SSSR count). The molecule has 1 aliphatic heterocycles. The number of carbonyl (C=O) groups is 2. The molecule has 0 aliphatic carbocycles. The van der Waals surface area contributed by atoms with Crippen molar-refractivity contribution in [2.24, 2.45) is 0 Å². The lowest BCUT2D eigenvalue weighted by molar-refractivity contribution is -0.136. The van der Waals surface area contributed by atoms with Crippen molar-refractivity contribution in [3.63, 3.8) is 0 Å². The summed E-state index contributed by atoms with van der Waals surface area (Å²) in [6.45, 7) is 1.87.